The van der Waals surface area contributed by atoms with Crippen molar-refractivity contribution in [1.82, 2.24) is 0 Å². The summed E-state index contributed by atoms with van der Waals surface area (Å²) in [6.45, 7) is 7.34. The van der Waals surface area contributed by atoms with Crippen LogP contribution in [0, 0.1) is 5.41 Å². The van der Waals surface area contributed by atoms with Gasteiger partial charge in [-0.05, 0) is 18.3 Å². The van der Waals surface area contributed by atoms with Gasteiger partial charge in [0.1, 0.15) is 0 Å². The fraction of sp³-hybridized carbons (Fsp3) is 1.00. The molecule has 0 saturated heterocycles. The highest BCUT2D eigenvalue weighted by atomic mass is 16.3. The summed E-state index contributed by atoms with van der Waals surface area (Å²) in [7, 11) is 0. The van der Waals surface area contributed by atoms with Gasteiger partial charge in [-0.3, -0.25) is 0 Å². The van der Waals surface area contributed by atoms with Crippen LogP contribution in [0.2, 0.25) is 0 Å². The second-order valence-corrected chi connectivity index (χ2v) is 17.6. The van der Waals surface area contributed by atoms with Gasteiger partial charge in [-0.25, -0.2) is 0 Å². The molecule has 0 heterocycles. The van der Waals surface area contributed by atoms with Crippen molar-refractivity contribution in [3.8, 4) is 0 Å². The van der Waals surface area contributed by atoms with Gasteiger partial charge < -0.3 is 5.11 Å². The van der Waals surface area contributed by atoms with E-state index in [1.54, 1.807) is 0 Å². The molecule has 0 aliphatic rings. The highest BCUT2D eigenvalue weighted by Crippen LogP contribution is 2.31. The normalized spacial score (nSPS) is 13.0. The van der Waals surface area contributed by atoms with Crippen molar-refractivity contribution >= 4 is 0 Å². The number of aliphatic hydroxyl groups is 1. The largest absolute Gasteiger partial charge is 0.396 e. The smallest absolute Gasteiger partial charge is 0.0484 e. The van der Waals surface area contributed by atoms with E-state index in [0.717, 1.165) is 0 Å². The maximum atomic E-state index is 10.1. The van der Waals surface area contributed by atoms with Crippen LogP contribution in [0.3, 0.4) is 0 Å². The van der Waals surface area contributed by atoms with Gasteiger partial charge in [0.2, 0.25) is 0 Å². The molecular formula is C49H100O. The Kier molecular flexibility index (Phi) is 43.3. The van der Waals surface area contributed by atoms with Gasteiger partial charge in [-0.1, -0.05) is 290 Å². The summed E-state index contributed by atoms with van der Waals surface area (Å²) < 4.78 is 0. The van der Waals surface area contributed by atoms with Crippen molar-refractivity contribution in [3.05, 3.63) is 0 Å². The summed E-state index contributed by atoms with van der Waals surface area (Å²) in [5, 5.41) is 10.1. The quantitative estimate of drug-likeness (QED) is 0.0626. The topological polar surface area (TPSA) is 20.2 Å². The Bertz CT molecular complexity index is 586. The molecule has 0 fully saturated rings. The Labute approximate surface area is 319 Å². The monoisotopic (exact) mass is 705 g/mol. The van der Waals surface area contributed by atoms with Gasteiger partial charge in [0.05, 0.1) is 0 Å². The number of rotatable bonds is 45. The van der Waals surface area contributed by atoms with Crippen molar-refractivity contribution in [1.29, 1.82) is 0 Å². The van der Waals surface area contributed by atoms with Crippen molar-refractivity contribution in [2.75, 3.05) is 6.61 Å². The highest BCUT2D eigenvalue weighted by Gasteiger charge is 2.22. The summed E-state index contributed by atoms with van der Waals surface area (Å²) in [4.78, 5) is 0. The molecule has 0 bridgehead atoms. The molecule has 0 aliphatic heterocycles. The van der Waals surface area contributed by atoms with Crippen LogP contribution in [0.5, 0.6) is 0 Å². The van der Waals surface area contributed by atoms with Crippen molar-refractivity contribution in [3.63, 3.8) is 0 Å². The molecule has 0 radical (unpaired) electrons. The van der Waals surface area contributed by atoms with Crippen LogP contribution in [0.1, 0.15) is 303 Å². The second-order valence-electron chi connectivity index (χ2n) is 17.6. The summed E-state index contributed by atoms with van der Waals surface area (Å²) in [5.41, 5.74) is 0.168. The van der Waals surface area contributed by atoms with E-state index >= 15 is 0 Å². The molecule has 0 spiro atoms. The van der Waals surface area contributed by atoms with Crippen molar-refractivity contribution < 1.29 is 5.11 Å². The molecule has 0 amide bonds. The first-order valence-corrected chi connectivity index (χ1v) is 24.3. The molecule has 1 heteroatoms. The molecule has 0 rings (SSSR count). The van der Waals surface area contributed by atoms with Crippen LogP contribution in [0.25, 0.3) is 0 Å². The fourth-order valence-electron chi connectivity index (χ4n) is 8.25. The van der Waals surface area contributed by atoms with Crippen LogP contribution in [-0.4, -0.2) is 11.7 Å². The molecular weight excluding hydrogens is 605 g/mol. The maximum absolute atomic E-state index is 10.1. The predicted molar refractivity (Wildman–Crippen MR) is 230 cm³/mol. The summed E-state index contributed by atoms with van der Waals surface area (Å²) in [6.07, 6.45) is 63.1. The van der Waals surface area contributed by atoms with Gasteiger partial charge >= 0.3 is 0 Å². The summed E-state index contributed by atoms with van der Waals surface area (Å²) in [5.74, 6) is 0. The predicted octanol–water partition coefficient (Wildman–Crippen LogP) is 18.2. The van der Waals surface area contributed by atoms with Gasteiger partial charge in [0.15, 0.2) is 0 Å². The third kappa shape index (κ3) is 40.7. The Hall–Kier alpha value is -0.0400. The zero-order chi connectivity index (χ0) is 36.3. The van der Waals surface area contributed by atoms with Crippen LogP contribution < -0.4 is 0 Å². The maximum Gasteiger partial charge on any atom is 0.0484 e. The van der Waals surface area contributed by atoms with E-state index in [-0.39, 0.29) is 5.41 Å². The van der Waals surface area contributed by atoms with Crippen molar-refractivity contribution in [2.45, 2.75) is 303 Å². The Morgan fingerprint density at radius 2 is 0.380 bits per heavy atom. The first kappa shape index (κ1) is 50.0. The van der Waals surface area contributed by atoms with E-state index in [1.165, 1.54) is 283 Å². The highest BCUT2D eigenvalue weighted by molar-refractivity contribution is 4.73. The second kappa shape index (κ2) is 43.4. The lowest BCUT2D eigenvalue weighted by Gasteiger charge is -2.27. The standard InChI is InChI=1S/C49H100O/c1-4-6-8-10-12-14-16-18-20-22-24-26-27-29-31-33-35-37-39-41-43-45-47-49(3,48-50)46-44-42-40-38-36-34-32-30-28-25-23-21-19-17-15-13-11-9-7-5-2/h50H,4-48H2,1-3H3. The zero-order valence-corrected chi connectivity index (χ0v) is 35.8. The zero-order valence-electron chi connectivity index (χ0n) is 35.8. The molecule has 1 nitrogen and oxygen atoms in total. The molecule has 302 valence electrons. The van der Waals surface area contributed by atoms with Crippen LogP contribution in [-0.2, 0) is 0 Å². The minimum absolute atomic E-state index is 0.168. The lowest BCUT2D eigenvalue weighted by Crippen LogP contribution is -2.21. The fourth-order valence-corrected chi connectivity index (χ4v) is 8.25. The number of hydrogen-bond acceptors (Lipinski definition) is 1. The lowest BCUT2D eigenvalue weighted by atomic mass is 9.80. The van der Waals surface area contributed by atoms with Gasteiger partial charge in [0, 0.05) is 6.61 Å². The summed E-state index contributed by atoms with van der Waals surface area (Å²) >= 11 is 0. The first-order chi connectivity index (χ1) is 24.7. The molecule has 0 saturated carbocycles. The lowest BCUT2D eigenvalue weighted by molar-refractivity contribution is 0.116. The molecule has 0 aromatic carbocycles. The van der Waals surface area contributed by atoms with E-state index < -0.39 is 0 Å². The number of unbranched alkanes of at least 4 members (excludes halogenated alkanes) is 40. The van der Waals surface area contributed by atoms with Crippen LogP contribution in [0.15, 0.2) is 0 Å². The van der Waals surface area contributed by atoms with Gasteiger partial charge in [0.25, 0.3) is 0 Å². The van der Waals surface area contributed by atoms with Crippen LogP contribution >= 0.6 is 0 Å². The van der Waals surface area contributed by atoms with Gasteiger partial charge in [-0.15, -0.1) is 0 Å². The van der Waals surface area contributed by atoms with E-state index in [9.17, 15) is 5.11 Å². The summed E-state index contributed by atoms with van der Waals surface area (Å²) in [6, 6.07) is 0. The molecule has 1 N–H and O–H groups in total. The molecule has 0 aromatic heterocycles. The van der Waals surface area contributed by atoms with E-state index in [0.29, 0.717) is 6.61 Å². The number of aliphatic hydroxyl groups excluding tert-OH is 1. The minimum atomic E-state index is 0.168. The molecule has 1 unspecified atom stereocenters. The molecule has 0 aliphatic carbocycles. The third-order valence-electron chi connectivity index (χ3n) is 12.1. The number of hydrogen-bond donors (Lipinski definition) is 1. The van der Waals surface area contributed by atoms with Crippen molar-refractivity contribution in [2.24, 2.45) is 5.41 Å². The SMILES string of the molecule is CCCCCCCCCCCCCCCCCCCCCCCCC(C)(CO)CCCCCCCCCCCCCCCCCCCCCC. The first-order valence-electron chi connectivity index (χ1n) is 24.3. The third-order valence-corrected chi connectivity index (χ3v) is 12.1. The Balaban J connectivity index is 3.34. The molecule has 0 aromatic rings. The molecule has 50 heavy (non-hydrogen) atoms. The van der Waals surface area contributed by atoms with Crippen LogP contribution in [0.4, 0.5) is 0 Å². The Morgan fingerprint density at radius 3 is 0.520 bits per heavy atom. The Morgan fingerprint density at radius 1 is 0.240 bits per heavy atom. The average Bonchev–Trinajstić information content (AvgIpc) is 3.13. The molecule has 1 atom stereocenters. The minimum Gasteiger partial charge on any atom is -0.396 e. The average molecular weight is 705 g/mol. The van der Waals surface area contributed by atoms with E-state index in [1.807, 2.05) is 0 Å². The van der Waals surface area contributed by atoms with E-state index in [2.05, 4.69) is 20.8 Å². The van der Waals surface area contributed by atoms with Gasteiger partial charge in [-0.2, -0.15) is 0 Å². The van der Waals surface area contributed by atoms with E-state index in [4.69, 9.17) is 0 Å².